The maximum Gasteiger partial charge on any atom is 0.338 e. The van der Waals surface area contributed by atoms with Gasteiger partial charge in [0.1, 0.15) is 5.75 Å². The Bertz CT molecular complexity index is 1040. The zero-order valence-electron chi connectivity index (χ0n) is 15.3. The number of aromatic hydroxyl groups is 2. The van der Waals surface area contributed by atoms with Gasteiger partial charge in [0.2, 0.25) is 5.75 Å². The number of phenolic OH excluding ortho intramolecular Hbond substituents is 2. The van der Waals surface area contributed by atoms with Gasteiger partial charge in [0.05, 0.1) is 30.4 Å². The summed E-state index contributed by atoms with van der Waals surface area (Å²) in [6, 6.07) is 6.80. The van der Waals surface area contributed by atoms with Crippen LogP contribution < -0.4 is 14.8 Å². The summed E-state index contributed by atoms with van der Waals surface area (Å²) in [5.74, 6) is -1.67. The van der Waals surface area contributed by atoms with E-state index in [1.807, 2.05) is 0 Å². The van der Waals surface area contributed by atoms with Crippen LogP contribution in [0.25, 0.3) is 6.08 Å². The van der Waals surface area contributed by atoms with E-state index in [1.54, 1.807) is 6.08 Å². The molecule has 9 nitrogen and oxygen atoms in total. The van der Waals surface area contributed by atoms with Crippen molar-refractivity contribution in [3.63, 3.8) is 0 Å². The Hall–Kier alpha value is -3.66. The van der Waals surface area contributed by atoms with E-state index in [-0.39, 0.29) is 39.4 Å². The average molecular weight is 416 g/mol. The molecule has 1 heterocycles. The lowest BCUT2D eigenvalue weighted by Gasteiger charge is -2.09. The van der Waals surface area contributed by atoms with Crippen LogP contribution in [0.2, 0.25) is 0 Å². The highest BCUT2D eigenvalue weighted by Gasteiger charge is 2.25. The average Bonchev–Trinajstić information content (AvgIpc) is 3.03. The van der Waals surface area contributed by atoms with Crippen molar-refractivity contribution in [3.05, 3.63) is 46.4 Å². The van der Waals surface area contributed by atoms with Gasteiger partial charge in [0, 0.05) is 0 Å². The van der Waals surface area contributed by atoms with E-state index in [2.05, 4.69) is 10.3 Å². The molecule has 1 saturated heterocycles. The van der Waals surface area contributed by atoms with Crippen LogP contribution in [0, 0.1) is 0 Å². The second-order valence-electron chi connectivity index (χ2n) is 5.76. The number of nitrogens with zero attached hydrogens (tertiary/aromatic N) is 1. The van der Waals surface area contributed by atoms with Crippen molar-refractivity contribution in [1.29, 1.82) is 0 Å². The molecule has 0 aliphatic carbocycles. The second-order valence-corrected chi connectivity index (χ2v) is 6.79. The smallest absolute Gasteiger partial charge is 0.338 e. The zero-order chi connectivity index (χ0) is 21.1. The Morgan fingerprint density at radius 1 is 1.14 bits per heavy atom. The lowest BCUT2D eigenvalue weighted by molar-refractivity contribution is -0.115. The highest BCUT2D eigenvalue weighted by Crippen LogP contribution is 2.38. The molecule has 2 aromatic rings. The number of benzene rings is 2. The van der Waals surface area contributed by atoms with Crippen molar-refractivity contribution in [1.82, 2.24) is 5.32 Å². The van der Waals surface area contributed by atoms with Gasteiger partial charge in [-0.1, -0.05) is 0 Å². The number of nitrogens with one attached hydrogen (secondary N) is 1. The predicted octanol–water partition coefficient (Wildman–Crippen LogP) is 2.70. The Kier molecular flexibility index (Phi) is 5.64. The number of rotatable bonds is 5. The largest absolute Gasteiger partial charge is 0.508 e. The van der Waals surface area contributed by atoms with Gasteiger partial charge >= 0.3 is 5.97 Å². The first-order valence-corrected chi connectivity index (χ1v) is 8.95. The van der Waals surface area contributed by atoms with Gasteiger partial charge in [-0.15, -0.1) is 0 Å². The molecule has 4 N–H and O–H groups in total. The van der Waals surface area contributed by atoms with Crippen LogP contribution in [0.15, 0.2) is 40.2 Å². The highest BCUT2D eigenvalue weighted by molar-refractivity contribution is 8.18. The summed E-state index contributed by atoms with van der Waals surface area (Å²) in [6.45, 7) is 0. The molecule has 3 rings (SSSR count). The molecule has 0 atom stereocenters. The summed E-state index contributed by atoms with van der Waals surface area (Å²) in [7, 11) is 2.79. The topological polar surface area (TPSA) is 138 Å². The fourth-order valence-electron chi connectivity index (χ4n) is 2.53. The number of ether oxygens (including phenoxy) is 2. The number of phenols is 2. The van der Waals surface area contributed by atoms with Crippen LogP contribution in [0.3, 0.4) is 0 Å². The fraction of sp³-hybridized carbons (Fsp3) is 0.105. The molecule has 0 unspecified atom stereocenters. The molecule has 29 heavy (non-hydrogen) atoms. The van der Waals surface area contributed by atoms with Crippen molar-refractivity contribution in [2.24, 2.45) is 4.99 Å². The van der Waals surface area contributed by atoms with E-state index in [9.17, 15) is 24.9 Å². The third kappa shape index (κ3) is 4.27. The fourth-order valence-corrected chi connectivity index (χ4v) is 3.37. The maximum atomic E-state index is 12.3. The van der Waals surface area contributed by atoms with Gasteiger partial charge in [0.25, 0.3) is 5.91 Å². The van der Waals surface area contributed by atoms with Gasteiger partial charge in [-0.2, -0.15) is 0 Å². The Labute approximate surface area is 169 Å². The van der Waals surface area contributed by atoms with Gasteiger partial charge in [-0.25, -0.2) is 9.79 Å². The number of carboxylic acids is 1. The molecule has 150 valence electrons. The Morgan fingerprint density at radius 2 is 1.79 bits per heavy atom. The minimum absolute atomic E-state index is 0.0901. The van der Waals surface area contributed by atoms with Crippen LogP contribution >= 0.6 is 11.8 Å². The molecular formula is C19H16N2O7S. The molecule has 1 aliphatic heterocycles. The molecule has 1 aliphatic rings. The summed E-state index contributed by atoms with van der Waals surface area (Å²) in [6.07, 6.45) is 1.56. The molecule has 2 aromatic carbocycles. The normalized spacial score (nSPS) is 16.1. The quantitative estimate of drug-likeness (QED) is 0.546. The number of carbonyl (C=O) groups excluding carboxylic acids is 1. The summed E-state index contributed by atoms with van der Waals surface area (Å²) in [5.41, 5.74) is 0.441. The van der Waals surface area contributed by atoms with E-state index < -0.39 is 11.9 Å². The van der Waals surface area contributed by atoms with Crippen LogP contribution in [0.1, 0.15) is 15.9 Å². The Morgan fingerprint density at radius 3 is 2.38 bits per heavy atom. The van der Waals surface area contributed by atoms with Gasteiger partial charge in [-0.3, -0.25) is 4.79 Å². The standard InChI is InChI=1S/C19H16N2O7S/c1-27-13-5-9(6-14(28-2)16(13)23)7-15-17(24)21-19(29-15)20-12-4-3-10(22)8-11(12)18(25)26/h3-8,22-23H,1-2H3,(H,25,26)(H,20,21,24)/b15-7-. The lowest BCUT2D eigenvalue weighted by atomic mass is 10.1. The van der Waals surface area contributed by atoms with Gasteiger partial charge in [0.15, 0.2) is 16.7 Å². The van der Waals surface area contributed by atoms with E-state index >= 15 is 0 Å². The number of aliphatic imine (C=N–C) groups is 1. The molecule has 0 radical (unpaired) electrons. The van der Waals surface area contributed by atoms with E-state index in [1.165, 1.54) is 38.5 Å². The summed E-state index contributed by atoms with van der Waals surface area (Å²) < 4.78 is 10.2. The van der Waals surface area contributed by atoms with E-state index in [0.717, 1.165) is 17.8 Å². The van der Waals surface area contributed by atoms with Crippen molar-refractivity contribution in [2.75, 3.05) is 14.2 Å². The third-order valence-electron chi connectivity index (χ3n) is 3.88. The van der Waals surface area contributed by atoms with Crippen LogP contribution in [0.4, 0.5) is 5.69 Å². The van der Waals surface area contributed by atoms with E-state index in [4.69, 9.17) is 9.47 Å². The lowest BCUT2D eigenvalue weighted by Crippen LogP contribution is -2.19. The summed E-state index contributed by atoms with van der Waals surface area (Å²) in [5, 5.41) is 31.5. The number of aromatic carboxylic acids is 1. The number of thioether (sulfide) groups is 1. The molecule has 10 heteroatoms. The molecule has 1 fully saturated rings. The first-order chi connectivity index (χ1) is 13.8. The van der Waals surface area contributed by atoms with Crippen molar-refractivity contribution < 1.29 is 34.4 Å². The van der Waals surface area contributed by atoms with Gasteiger partial charge < -0.3 is 30.1 Å². The molecule has 0 spiro atoms. The number of amides is 1. The van der Waals surface area contributed by atoms with Crippen LogP contribution in [-0.2, 0) is 4.79 Å². The van der Waals surface area contributed by atoms with Crippen molar-refractivity contribution in [2.45, 2.75) is 0 Å². The molecule has 0 saturated carbocycles. The zero-order valence-corrected chi connectivity index (χ0v) is 16.1. The number of hydrogen-bond donors (Lipinski definition) is 4. The SMILES string of the molecule is COc1cc(/C=C2\SC(=Nc3ccc(O)cc3C(=O)O)NC2=O)cc(OC)c1O. The predicted molar refractivity (Wildman–Crippen MR) is 107 cm³/mol. The monoisotopic (exact) mass is 416 g/mol. The third-order valence-corrected chi connectivity index (χ3v) is 4.79. The molecular weight excluding hydrogens is 400 g/mol. The molecule has 0 aromatic heterocycles. The maximum absolute atomic E-state index is 12.3. The van der Waals surface area contributed by atoms with Gasteiger partial charge in [-0.05, 0) is 53.7 Å². The van der Waals surface area contributed by atoms with Crippen LogP contribution in [0.5, 0.6) is 23.0 Å². The number of carboxylic acid groups (broad SMARTS) is 1. The minimum atomic E-state index is -1.26. The number of carbonyl (C=O) groups is 2. The number of hydrogen-bond acceptors (Lipinski definition) is 8. The van der Waals surface area contributed by atoms with Crippen molar-refractivity contribution >= 4 is 40.6 Å². The summed E-state index contributed by atoms with van der Waals surface area (Å²) in [4.78, 5) is 28.1. The van der Waals surface area contributed by atoms with Crippen LogP contribution in [-0.4, -0.2) is 46.6 Å². The second kappa shape index (κ2) is 8.15. The first-order valence-electron chi connectivity index (χ1n) is 8.13. The molecule has 1 amide bonds. The number of methoxy groups -OCH3 is 2. The molecule has 0 bridgehead atoms. The Balaban J connectivity index is 1.94. The first kappa shape index (κ1) is 20.1. The minimum Gasteiger partial charge on any atom is -0.508 e. The number of amidine groups is 1. The summed E-state index contributed by atoms with van der Waals surface area (Å²) >= 11 is 1.02. The van der Waals surface area contributed by atoms with Crippen molar-refractivity contribution in [3.8, 4) is 23.0 Å². The van der Waals surface area contributed by atoms with E-state index in [0.29, 0.717) is 10.5 Å². The highest BCUT2D eigenvalue weighted by atomic mass is 32.2.